The summed E-state index contributed by atoms with van der Waals surface area (Å²) in [4.78, 5) is 20.5. The number of hydrogen-bond donors (Lipinski definition) is 1. The number of hydrogen-bond acceptors (Lipinski definition) is 5. The summed E-state index contributed by atoms with van der Waals surface area (Å²) in [6.07, 6.45) is 0. The van der Waals surface area contributed by atoms with E-state index in [0.29, 0.717) is 21.9 Å². The summed E-state index contributed by atoms with van der Waals surface area (Å²) < 4.78 is 7.29. The lowest BCUT2D eigenvalue weighted by Crippen LogP contribution is -2.03. The molecule has 0 amide bonds. The first-order valence-corrected chi connectivity index (χ1v) is 8.81. The fraction of sp³-hybridized carbons (Fsp3) is 0.100. The van der Waals surface area contributed by atoms with Gasteiger partial charge in [0.2, 0.25) is 0 Å². The molecule has 28 heavy (non-hydrogen) atoms. The van der Waals surface area contributed by atoms with E-state index in [4.69, 9.17) is 16.3 Å². The van der Waals surface area contributed by atoms with Gasteiger partial charge in [-0.2, -0.15) is 9.50 Å². The third-order valence-electron chi connectivity index (χ3n) is 4.20. The van der Waals surface area contributed by atoms with Crippen molar-refractivity contribution in [2.75, 3.05) is 0 Å². The zero-order chi connectivity index (χ0) is 19.8. The Kier molecular flexibility index (Phi) is 4.44. The number of benzene rings is 2. The van der Waals surface area contributed by atoms with Gasteiger partial charge in [-0.25, -0.2) is 9.78 Å². The monoisotopic (exact) mass is 394 g/mol. The van der Waals surface area contributed by atoms with E-state index in [1.807, 2.05) is 19.9 Å². The lowest BCUT2D eigenvalue weighted by atomic mass is 9.99. The van der Waals surface area contributed by atoms with Crippen LogP contribution in [0.2, 0.25) is 5.02 Å². The quantitative estimate of drug-likeness (QED) is 0.546. The Labute approximate surface area is 165 Å². The zero-order valence-corrected chi connectivity index (χ0v) is 15.8. The molecule has 140 valence electrons. The van der Waals surface area contributed by atoms with Gasteiger partial charge in [0.25, 0.3) is 5.78 Å². The molecule has 0 saturated heterocycles. The Morgan fingerprint density at radius 1 is 1.11 bits per heavy atom. The third-order valence-corrected chi connectivity index (χ3v) is 4.45. The summed E-state index contributed by atoms with van der Waals surface area (Å²) in [6, 6.07) is 13.8. The van der Waals surface area contributed by atoms with Crippen LogP contribution in [0.15, 0.2) is 48.5 Å². The van der Waals surface area contributed by atoms with E-state index in [1.165, 1.54) is 0 Å². The molecular formula is C20H15ClN4O3. The molecule has 0 fully saturated rings. The molecule has 2 aromatic heterocycles. The number of aryl methyl sites for hydroxylation is 2. The van der Waals surface area contributed by atoms with Gasteiger partial charge in [0.05, 0.1) is 0 Å². The van der Waals surface area contributed by atoms with Gasteiger partial charge in [0, 0.05) is 16.4 Å². The number of aromatic nitrogens is 4. The summed E-state index contributed by atoms with van der Waals surface area (Å²) in [5, 5.41) is 14.6. The van der Waals surface area contributed by atoms with Crippen molar-refractivity contribution in [1.29, 1.82) is 0 Å². The van der Waals surface area contributed by atoms with Gasteiger partial charge >= 0.3 is 12.0 Å². The molecule has 0 aliphatic carbocycles. The Morgan fingerprint density at radius 2 is 1.86 bits per heavy atom. The molecule has 0 unspecified atom stereocenters. The van der Waals surface area contributed by atoms with Crippen molar-refractivity contribution in [3.8, 4) is 22.9 Å². The van der Waals surface area contributed by atoms with E-state index in [2.05, 4.69) is 15.1 Å². The Balaban J connectivity index is 1.80. The number of carbonyl (C=O) groups is 1. The molecule has 0 atom stereocenters. The maximum absolute atomic E-state index is 12.0. The molecule has 0 saturated carbocycles. The summed E-state index contributed by atoms with van der Waals surface area (Å²) in [7, 11) is 0. The Hall–Kier alpha value is -3.45. The highest BCUT2D eigenvalue weighted by Crippen LogP contribution is 2.33. The van der Waals surface area contributed by atoms with Crippen LogP contribution < -0.4 is 4.74 Å². The molecular weight excluding hydrogens is 380 g/mol. The van der Waals surface area contributed by atoms with Crippen LogP contribution in [-0.2, 0) is 0 Å². The first-order valence-electron chi connectivity index (χ1n) is 8.43. The number of rotatable bonds is 4. The van der Waals surface area contributed by atoms with Crippen molar-refractivity contribution < 1.29 is 14.6 Å². The van der Waals surface area contributed by atoms with Gasteiger partial charge in [0.15, 0.2) is 0 Å². The highest BCUT2D eigenvalue weighted by atomic mass is 35.5. The van der Waals surface area contributed by atoms with Crippen molar-refractivity contribution in [2.24, 2.45) is 0 Å². The highest BCUT2D eigenvalue weighted by Gasteiger charge is 2.20. The van der Waals surface area contributed by atoms with E-state index in [-0.39, 0.29) is 17.3 Å². The first-order chi connectivity index (χ1) is 13.4. The number of carboxylic acid groups (broad SMARTS) is 1. The average molecular weight is 395 g/mol. The fourth-order valence-corrected chi connectivity index (χ4v) is 3.12. The molecule has 4 aromatic rings. The number of carboxylic acids is 1. The van der Waals surface area contributed by atoms with Crippen LogP contribution in [0.4, 0.5) is 0 Å². The second kappa shape index (κ2) is 6.94. The Bertz CT molecular complexity index is 1200. The largest absolute Gasteiger partial charge is 0.478 e. The van der Waals surface area contributed by atoms with Crippen molar-refractivity contribution in [3.63, 3.8) is 0 Å². The topological polar surface area (TPSA) is 89.6 Å². The molecule has 0 spiro atoms. The van der Waals surface area contributed by atoms with Gasteiger partial charge < -0.3 is 9.84 Å². The van der Waals surface area contributed by atoms with E-state index in [9.17, 15) is 9.90 Å². The minimum atomic E-state index is -1.12. The summed E-state index contributed by atoms with van der Waals surface area (Å²) in [5.74, 6) is -0.585. The molecule has 7 nitrogen and oxygen atoms in total. The van der Waals surface area contributed by atoms with Gasteiger partial charge in [-0.05, 0) is 49.2 Å². The average Bonchev–Trinajstić information content (AvgIpc) is 3.04. The minimum absolute atomic E-state index is 0.0181. The predicted molar refractivity (Wildman–Crippen MR) is 104 cm³/mol. The predicted octanol–water partition coefficient (Wildman–Crippen LogP) is 4.55. The maximum Gasteiger partial charge on any atom is 0.343 e. The lowest BCUT2D eigenvalue weighted by Gasteiger charge is -2.11. The van der Waals surface area contributed by atoms with Gasteiger partial charge in [-0.3, -0.25) is 0 Å². The van der Waals surface area contributed by atoms with Crippen molar-refractivity contribution in [2.45, 2.75) is 13.8 Å². The molecule has 1 N–H and O–H groups in total. The summed E-state index contributed by atoms with van der Waals surface area (Å²) in [6.45, 7) is 3.74. The second-order valence-electron chi connectivity index (χ2n) is 6.24. The highest BCUT2D eigenvalue weighted by molar-refractivity contribution is 6.30. The fourth-order valence-electron chi connectivity index (χ4n) is 3.00. The van der Waals surface area contributed by atoms with E-state index >= 15 is 0 Å². The number of halogens is 1. The van der Waals surface area contributed by atoms with Crippen LogP contribution in [0.1, 0.15) is 21.7 Å². The van der Waals surface area contributed by atoms with E-state index < -0.39 is 5.97 Å². The molecule has 0 radical (unpaired) electrons. The van der Waals surface area contributed by atoms with Crippen LogP contribution >= 0.6 is 11.6 Å². The third kappa shape index (κ3) is 3.27. The van der Waals surface area contributed by atoms with Crippen LogP contribution in [0.3, 0.4) is 0 Å². The maximum atomic E-state index is 12.0. The van der Waals surface area contributed by atoms with Crippen molar-refractivity contribution >= 4 is 23.3 Å². The SMILES string of the molecule is Cc1cc(C)n2nc(Oc3cccc(-c4ccc(Cl)cc4)c3C(=O)O)nc2n1. The first kappa shape index (κ1) is 17.9. The van der Waals surface area contributed by atoms with Crippen molar-refractivity contribution in [3.05, 3.63) is 70.5 Å². The number of aromatic carboxylic acids is 1. The zero-order valence-electron chi connectivity index (χ0n) is 15.0. The number of ether oxygens (including phenoxy) is 1. The molecule has 2 heterocycles. The van der Waals surface area contributed by atoms with Crippen LogP contribution in [0.25, 0.3) is 16.9 Å². The van der Waals surface area contributed by atoms with Gasteiger partial charge in [0.1, 0.15) is 11.3 Å². The minimum Gasteiger partial charge on any atom is -0.478 e. The molecule has 4 rings (SSSR count). The van der Waals surface area contributed by atoms with Crippen LogP contribution in [-0.4, -0.2) is 30.7 Å². The van der Waals surface area contributed by atoms with Crippen LogP contribution in [0.5, 0.6) is 11.8 Å². The number of nitrogens with zero attached hydrogens (tertiary/aromatic N) is 4. The lowest BCUT2D eigenvalue weighted by molar-refractivity contribution is 0.0695. The van der Waals surface area contributed by atoms with Gasteiger partial charge in [-0.15, -0.1) is 5.10 Å². The van der Waals surface area contributed by atoms with E-state index in [1.54, 1.807) is 47.0 Å². The molecule has 0 bridgehead atoms. The molecule has 0 aliphatic rings. The molecule has 2 aromatic carbocycles. The molecule has 0 aliphatic heterocycles. The smallest absolute Gasteiger partial charge is 0.343 e. The molecule has 8 heteroatoms. The normalized spacial score (nSPS) is 11.0. The second-order valence-corrected chi connectivity index (χ2v) is 6.67. The standard InChI is InChI=1S/C20H15ClN4O3/c1-11-10-12(2)25-19(22-11)23-20(24-25)28-16-5-3-4-15(17(16)18(26)27)13-6-8-14(21)9-7-13/h3-10H,1-2H3,(H,26,27). The Morgan fingerprint density at radius 3 is 2.57 bits per heavy atom. The number of fused-ring (bicyclic) bond motifs is 1. The summed E-state index contributed by atoms with van der Waals surface area (Å²) in [5.41, 5.74) is 2.89. The van der Waals surface area contributed by atoms with Crippen LogP contribution in [0, 0.1) is 13.8 Å². The van der Waals surface area contributed by atoms with E-state index in [0.717, 1.165) is 11.4 Å². The summed E-state index contributed by atoms with van der Waals surface area (Å²) >= 11 is 5.94. The van der Waals surface area contributed by atoms with Crippen molar-refractivity contribution in [1.82, 2.24) is 19.6 Å². The van der Waals surface area contributed by atoms with Gasteiger partial charge in [-0.1, -0.05) is 35.9 Å².